The van der Waals surface area contributed by atoms with Crippen molar-refractivity contribution < 1.29 is 22.7 Å². The molecule has 0 atom stereocenters. The lowest BCUT2D eigenvalue weighted by Crippen LogP contribution is -2.36. The minimum Gasteiger partial charge on any atom is -0.496 e. The smallest absolute Gasteiger partial charge is 0.471 e. The van der Waals surface area contributed by atoms with E-state index in [0.29, 0.717) is 0 Å². The first-order chi connectivity index (χ1) is 9.82. The van der Waals surface area contributed by atoms with E-state index in [9.17, 15) is 18.0 Å². The number of ether oxygens (including phenoxy) is 1. The maximum Gasteiger partial charge on any atom is 0.471 e. The van der Waals surface area contributed by atoms with E-state index in [1.165, 1.54) is 0 Å². The Hall–Kier alpha value is -1.98. The number of aryl methyl sites for hydroxylation is 2. The molecule has 0 fully saturated rings. The summed E-state index contributed by atoms with van der Waals surface area (Å²) in [6.45, 7) is 1.81. The third-order valence-electron chi connectivity index (χ3n) is 3.50. The quantitative estimate of drug-likeness (QED) is 0.931. The number of amides is 1. The van der Waals surface area contributed by atoms with Crippen molar-refractivity contribution in [3.05, 3.63) is 34.9 Å². The van der Waals surface area contributed by atoms with Crippen LogP contribution in [0.4, 0.5) is 13.2 Å². The van der Waals surface area contributed by atoms with E-state index >= 15 is 0 Å². The average Bonchev–Trinajstić information content (AvgIpc) is 2.78. The van der Waals surface area contributed by atoms with E-state index in [1.54, 1.807) is 13.2 Å². The molecule has 0 spiro atoms. The van der Waals surface area contributed by atoms with E-state index < -0.39 is 12.1 Å². The maximum absolute atomic E-state index is 12.1. The van der Waals surface area contributed by atoms with Gasteiger partial charge < -0.3 is 10.1 Å². The summed E-state index contributed by atoms with van der Waals surface area (Å²) in [6, 6.07) is 3.93. The van der Waals surface area contributed by atoms with Crippen molar-refractivity contribution in [2.75, 3.05) is 13.7 Å². The van der Waals surface area contributed by atoms with Crippen LogP contribution in [-0.2, 0) is 11.2 Å². The van der Waals surface area contributed by atoms with Gasteiger partial charge in [0.1, 0.15) is 5.75 Å². The number of allylic oxidation sites excluding steroid dienone is 1. The van der Waals surface area contributed by atoms with Crippen molar-refractivity contribution in [2.45, 2.75) is 25.9 Å². The molecular formula is C15H16F3NO2. The van der Waals surface area contributed by atoms with Crippen molar-refractivity contribution in [3.63, 3.8) is 0 Å². The van der Waals surface area contributed by atoms with Crippen LogP contribution >= 0.6 is 0 Å². The lowest BCUT2D eigenvalue weighted by molar-refractivity contribution is -0.173. The Morgan fingerprint density at radius 2 is 2.10 bits per heavy atom. The molecule has 114 valence electrons. The summed E-state index contributed by atoms with van der Waals surface area (Å²) in [4.78, 5) is 10.7. The third kappa shape index (κ3) is 3.37. The molecule has 0 aromatic heterocycles. The number of carbonyl (C=O) groups excluding carboxylic acids is 1. The fourth-order valence-electron chi connectivity index (χ4n) is 2.46. The molecule has 2 rings (SSSR count). The number of rotatable bonds is 3. The summed E-state index contributed by atoms with van der Waals surface area (Å²) in [6.07, 6.45) is -1.61. The molecule has 21 heavy (non-hydrogen) atoms. The summed E-state index contributed by atoms with van der Waals surface area (Å²) in [7, 11) is 1.58. The van der Waals surface area contributed by atoms with Crippen molar-refractivity contribution >= 4 is 11.5 Å². The molecule has 0 bridgehead atoms. The fourth-order valence-corrected chi connectivity index (χ4v) is 2.46. The highest BCUT2D eigenvalue weighted by atomic mass is 19.4. The number of methoxy groups -OCH3 is 1. The monoisotopic (exact) mass is 299 g/mol. The Balaban J connectivity index is 2.12. The van der Waals surface area contributed by atoms with Gasteiger partial charge in [-0.25, -0.2) is 0 Å². The minimum atomic E-state index is -4.84. The second kappa shape index (κ2) is 5.79. The topological polar surface area (TPSA) is 38.3 Å². The molecule has 0 heterocycles. The van der Waals surface area contributed by atoms with Crippen molar-refractivity contribution in [2.24, 2.45) is 0 Å². The van der Waals surface area contributed by atoms with Crippen molar-refractivity contribution in [1.29, 1.82) is 0 Å². The number of carbonyl (C=O) groups is 1. The average molecular weight is 299 g/mol. The molecular weight excluding hydrogens is 283 g/mol. The Bertz CT molecular complexity index is 591. The molecule has 0 aliphatic heterocycles. The number of hydrogen-bond donors (Lipinski definition) is 1. The van der Waals surface area contributed by atoms with Gasteiger partial charge in [0.25, 0.3) is 0 Å². The molecule has 0 saturated carbocycles. The van der Waals surface area contributed by atoms with Gasteiger partial charge in [-0.2, -0.15) is 13.2 Å². The first kappa shape index (κ1) is 15.4. The molecule has 1 aliphatic rings. The Kier molecular flexibility index (Phi) is 4.25. The summed E-state index contributed by atoms with van der Waals surface area (Å²) < 4.78 is 41.5. The predicted molar refractivity (Wildman–Crippen MR) is 73.1 cm³/mol. The number of hydrogen-bond acceptors (Lipinski definition) is 2. The first-order valence-electron chi connectivity index (χ1n) is 6.55. The van der Waals surface area contributed by atoms with Gasteiger partial charge in [0, 0.05) is 6.54 Å². The highest BCUT2D eigenvalue weighted by Crippen LogP contribution is 2.36. The van der Waals surface area contributed by atoms with Gasteiger partial charge in [0.2, 0.25) is 0 Å². The molecule has 1 aromatic rings. The highest BCUT2D eigenvalue weighted by Gasteiger charge is 2.38. The predicted octanol–water partition coefficient (Wildman–Crippen LogP) is 3.01. The van der Waals surface area contributed by atoms with Crippen LogP contribution in [0.1, 0.15) is 23.1 Å². The lowest BCUT2D eigenvalue weighted by Gasteiger charge is -2.09. The fraction of sp³-hybridized carbons (Fsp3) is 0.400. The molecule has 1 aromatic carbocycles. The number of alkyl halides is 3. The standard InChI is InChI=1S/C15H16F3NO2/c1-9-7-11-4-3-10(12(11)8-13(9)21-2)5-6-19-14(20)15(16,17)18/h5,7-8H,3-4,6H2,1-2H3,(H,19,20)/b10-5+. The van der Waals surface area contributed by atoms with Crippen LogP contribution in [-0.4, -0.2) is 25.7 Å². The van der Waals surface area contributed by atoms with Gasteiger partial charge in [-0.05, 0) is 48.1 Å². The van der Waals surface area contributed by atoms with Gasteiger partial charge >= 0.3 is 12.1 Å². The second-order valence-corrected chi connectivity index (χ2v) is 4.92. The van der Waals surface area contributed by atoms with E-state index in [-0.39, 0.29) is 6.54 Å². The number of fused-ring (bicyclic) bond motifs is 1. The Morgan fingerprint density at radius 3 is 2.71 bits per heavy atom. The van der Waals surface area contributed by atoms with Gasteiger partial charge in [0.05, 0.1) is 7.11 Å². The molecule has 0 unspecified atom stereocenters. The zero-order valence-corrected chi connectivity index (χ0v) is 11.8. The maximum atomic E-state index is 12.1. The van der Waals surface area contributed by atoms with Crippen molar-refractivity contribution in [1.82, 2.24) is 5.32 Å². The Labute approximate surface area is 120 Å². The van der Waals surface area contributed by atoms with Crippen LogP contribution in [0.15, 0.2) is 18.2 Å². The van der Waals surface area contributed by atoms with Crippen molar-refractivity contribution in [3.8, 4) is 5.75 Å². The number of nitrogens with one attached hydrogen (secondary N) is 1. The molecule has 3 nitrogen and oxygen atoms in total. The van der Waals surface area contributed by atoms with Crippen LogP contribution in [0.2, 0.25) is 0 Å². The summed E-state index contributed by atoms with van der Waals surface area (Å²) >= 11 is 0. The Morgan fingerprint density at radius 1 is 1.38 bits per heavy atom. The van der Waals surface area contributed by atoms with E-state index in [2.05, 4.69) is 0 Å². The second-order valence-electron chi connectivity index (χ2n) is 4.92. The highest BCUT2D eigenvalue weighted by molar-refractivity contribution is 5.82. The normalized spacial score (nSPS) is 16.0. The van der Waals surface area contributed by atoms with Crippen LogP contribution in [0.5, 0.6) is 5.75 Å². The number of benzene rings is 1. The van der Waals surface area contributed by atoms with Gasteiger partial charge in [-0.3, -0.25) is 4.79 Å². The lowest BCUT2D eigenvalue weighted by atomic mass is 10.0. The minimum absolute atomic E-state index is 0.136. The summed E-state index contributed by atoms with van der Waals surface area (Å²) in [5.41, 5.74) is 4.11. The third-order valence-corrected chi connectivity index (χ3v) is 3.50. The van der Waals surface area contributed by atoms with E-state index in [1.807, 2.05) is 24.4 Å². The molecule has 1 amide bonds. The number of halogens is 3. The van der Waals surface area contributed by atoms with Crippen LogP contribution in [0.3, 0.4) is 0 Å². The zero-order chi connectivity index (χ0) is 15.6. The SMILES string of the molecule is COc1cc2c(cc1C)CC/C2=C\CNC(=O)C(F)(F)F. The molecule has 0 saturated heterocycles. The van der Waals surface area contributed by atoms with Crippen LogP contribution in [0.25, 0.3) is 5.57 Å². The zero-order valence-electron chi connectivity index (χ0n) is 11.8. The first-order valence-corrected chi connectivity index (χ1v) is 6.55. The largest absolute Gasteiger partial charge is 0.496 e. The van der Waals surface area contributed by atoms with Gasteiger partial charge in [-0.1, -0.05) is 12.1 Å². The molecule has 1 N–H and O–H groups in total. The molecule has 1 aliphatic carbocycles. The van der Waals surface area contributed by atoms with E-state index in [0.717, 1.165) is 40.9 Å². The molecule has 6 heteroatoms. The van der Waals surface area contributed by atoms with Gasteiger partial charge in [0.15, 0.2) is 0 Å². The van der Waals surface area contributed by atoms with Crippen LogP contribution < -0.4 is 10.1 Å². The summed E-state index contributed by atoms with van der Waals surface area (Å²) in [5.74, 6) is -1.17. The van der Waals surface area contributed by atoms with Gasteiger partial charge in [-0.15, -0.1) is 0 Å². The van der Waals surface area contributed by atoms with E-state index in [4.69, 9.17) is 4.74 Å². The molecule has 0 radical (unpaired) electrons. The van der Waals surface area contributed by atoms with Crippen LogP contribution in [0, 0.1) is 6.92 Å². The summed E-state index contributed by atoms with van der Waals surface area (Å²) in [5, 5.41) is 1.85.